The van der Waals surface area contributed by atoms with Crippen LogP contribution in [0.1, 0.15) is 24.2 Å². The summed E-state index contributed by atoms with van der Waals surface area (Å²) >= 11 is 5.59. The van der Waals surface area contributed by atoms with Crippen LogP contribution in [0.25, 0.3) is 0 Å². The van der Waals surface area contributed by atoms with Crippen molar-refractivity contribution in [3.05, 3.63) is 28.5 Å². The van der Waals surface area contributed by atoms with Crippen molar-refractivity contribution in [2.75, 3.05) is 0 Å². The normalized spacial score (nSPS) is 13.2. The molecular weight excluding hydrogens is 252 g/mol. The van der Waals surface area contributed by atoms with Gasteiger partial charge in [0, 0.05) is 12.2 Å². The highest BCUT2D eigenvalue weighted by Crippen LogP contribution is 2.31. The highest BCUT2D eigenvalue weighted by Gasteiger charge is 2.31. The van der Waals surface area contributed by atoms with Crippen molar-refractivity contribution in [1.29, 1.82) is 0 Å². The maximum Gasteiger partial charge on any atom is 0.417 e. The number of hydrogen-bond acceptors (Lipinski definition) is 2. The molecule has 0 radical (unpaired) electrons. The van der Waals surface area contributed by atoms with Gasteiger partial charge in [0.2, 0.25) is 0 Å². The SMILES string of the molecule is CC(N)c1ncc(C(F)(F)F)cc1Cl.Cl. The molecule has 1 unspecified atom stereocenters. The summed E-state index contributed by atoms with van der Waals surface area (Å²) in [7, 11) is 0. The minimum atomic E-state index is -4.42. The van der Waals surface area contributed by atoms with Crippen LogP contribution in [0.2, 0.25) is 5.02 Å². The molecule has 0 spiro atoms. The molecular formula is C8H9Cl2F3N2. The molecule has 0 fully saturated rings. The minimum absolute atomic E-state index is 0. The highest BCUT2D eigenvalue weighted by molar-refractivity contribution is 6.31. The molecule has 1 aromatic rings. The lowest BCUT2D eigenvalue weighted by atomic mass is 10.2. The van der Waals surface area contributed by atoms with Crippen LogP contribution in [0.3, 0.4) is 0 Å². The number of rotatable bonds is 1. The topological polar surface area (TPSA) is 38.9 Å². The van der Waals surface area contributed by atoms with E-state index in [2.05, 4.69) is 4.98 Å². The molecule has 0 bridgehead atoms. The first-order valence-electron chi connectivity index (χ1n) is 3.80. The Labute approximate surface area is 96.0 Å². The number of halogens is 5. The van der Waals surface area contributed by atoms with Crippen LogP contribution in [0.15, 0.2) is 12.3 Å². The Kier molecular flexibility index (Phi) is 4.83. The van der Waals surface area contributed by atoms with E-state index >= 15 is 0 Å². The Balaban J connectivity index is 0.00000196. The summed E-state index contributed by atoms with van der Waals surface area (Å²) in [4.78, 5) is 3.57. The number of nitrogens with zero attached hydrogens (tertiary/aromatic N) is 1. The van der Waals surface area contributed by atoms with Crippen molar-refractivity contribution < 1.29 is 13.2 Å². The minimum Gasteiger partial charge on any atom is -0.323 e. The number of pyridine rings is 1. The molecule has 1 atom stereocenters. The van der Waals surface area contributed by atoms with Crippen molar-refractivity contribution in [3.63, 3.8) is 0 Å². The third kappa shape index (κ3) is 3.52. The zero-order chi connectivity index (χ0) is 10.9. The second-order valence-electron chi connectivity index (χ2n) is 2.88. The zero-order valence-corrected chi connectivity index (χ0v) is 9.25. The monoisotopic (exact) mass is 260 g/mol. The fraction of sp³-hybridized carbons (Fsp3) is 0.375. The van der Waals surface area contributed by atoms with Gasteiger partial charge in [0.1, 0.15) is 0 Å². The standard InChI is InChI=1S/C8H8ClF3N2.ClH/c1-4(13)7-6(9)2-5(3-14-7)8(10,11)12;/h2-4H,13H2,1H3;1H. The van der Waals surface area contributed by atoms with Crippen LogP contribution in [-0.4, -0.2) is 4.98 Å². The maximum atomic E-state index is 12.2. The van der Waals surface area contributed by atoms with E-state index in [0.717, 1.165) is 12.3 Å². The largest absolute Gasteiger partial charge is 0.417 e. The first kappa shape index (κ1) is 14.5. The lowest BCUT2D eigenvalue weighted by Gasteiger charge is -2.10. The van der Waals surface area contributed by atoms with Gasteiger partial charge in [-0.15, -0.1) is 12.4 Å². The molecule has 0 aromatic carbocycles. The molecule has 1 heterocycles. The van der Waals surface area contributed by atoms with Crippen LogP contribution in [0.5, 0.6) is 0 Å². The van der Waals surface area contributed by atoms with Crippen LogP contribution < -0.4 is 5.73 Å². The molecule has 1 aromatic heterocycles. The van der Waals surface area contributed by atoms with E-state index in [0.29, 0.717) is 0 Å². The summed E-state index contributed by atoms with van der Waals surface area (Å²) in [5, 5.41) is -0.0603. The van der Waals surface area contributed by atoms with E-state index in [-0.39, 0.29) is 23.1 Å². The van der Waals surface area contributed by atoms with Gasteiger partial charge in [0.05, 0.1) is 16.3 Å². The van der Waals surface area contributed by atoms with Crippen molar-refractivity contribution >= 4 is 24.0 Å². The van der Waals surface area contributed by atoms with Gasteiger partial charge in [-0.1, -0.05) is 11.6 Å². The molecule has 0 aliphatic carbocycles. The zero-order valence-electron chi connectivity index (χ0n) is 7.68. The summed E-state index contributed by atoms with van der Waals surface area (Å²) in [6.07, 6.45) is -3.70. The van der Waals surface area contributed by atoms with Crippen LogP contribution in [-0.2, 0) is 6.18 Å². The molecule has 0 amide bonds. The highest BCUT2D eigenvalue weighted by atomic mass is 35.5. The maximum absolute atomic E-state index is 12.2. The Morgan fingerprint density at radius 2 is 2.00 bits per heavy atom. The lowest BCUT2D eigenvalue weighted by Crippen LogP contribution is -2.11. The van der Waals surface area contributed by atoms with Crippen molar-refractivity contribution in [2.45, 2.75) is 19.1 Å². The first-order chi connectivity index (χ1) is 6.32. The van der Waals surface area contributed by atoms with E-state index in [4.69, 9.17) is 17.3 Å². The second-order valence-corrected chi connectivity index (χ2v) is 3.28. The number of alkyl halides is 3. The summed E-state index contributed by atoms with van der Waals surface area (Å²) < 4.78 is 36.5. The van der Waals surface area contributed by atoms with Crippen LogP contribution in [0, 0.1) is 0 Å². The van der Waals surface area contributed by atoms with Gasteiger partial charge < -0.3 is 5.73 Å². The van der Waals surface area contributed by atoms with E-state index in [1.54, 1.807) is 6.92 Å². The van der Waals surface area contributed by atoms with Crippen molar-refractivity contribution in [2.24, 2.45) is 5.73 Å². The Hall–Kier alpha value is -0.520. The van der Waals surface area contributed by atoms with E-state index in [1.165, 1.54) is 0 Å². The summed E-state index contributed by atoms with van der Waals surface area (Å²) in [6.45, 7) is 1.60. The van der Waals surface area contributed by atoms with Gasteiger partial charge in [-0.25, -0.2) is 0 Å². The first-order valence-corrected chi connectivity index (χ1v) is 4.18. The average molecular weight is 261 g/mol. The summed E-state index contributed by atoms with van der Waals surface area (Å²) in [5.74, 6) is 0. The van der Waals surface area contributed by atoms with Crippen molar-refractivity contribution in [3.8, 4) is 0 Å². The van der Waals surface area contributed by atoms with Crippen molar-refractivity contribution in [1.82, 2.24) is 4.98 Å². The number of hydrogen-bond donors (Lipinski definition) is 1. The van der Waals surface area contributed by atoms with Crippen LogP contribution >= 0.6 is 24.0 Å². The third-order valence-electron chi connectivity index (χ3n) is 1.63. The Bertz CT molecular complexity index is 339. The fourth-order valence-corrected chi connectivity index (χ4v) is 1.28. The van der Waals surface area contributed by atoms with E-state index < -0.39 is 17.8 Å². The average Bonchev–Trinajstić information content (AvgIpc) is 2.01. The van der Waals surface area contributed by atoms with Gasteiger partial charge in [0.25, 0.3) is 0 Å². The molecule has 0 aliphatic heterocycles. The Morgan fingerprint density at radius 1 is 1.47 bits per heavy atom. The van der Waals surface area contributed by atoms with Gasteiger partial charge in [-0.3, -0.25) is 4.98 Å². The number of nitrogens with two attached hydrogens (primary N) is 1. The molecule has 0 saturated carbocycles. The predicted octanol–water partition coefficient (Wildman–Crippen LogP) is 3.20. The molecule has 0 aliphatic rings. The molecule has 7 heteroatoms. The van der Waals surface area contributed by atoms with Gasteiger partial charge in [0.15, 0.2) is 0 Å². The summed E-state index contributed by atoms with van der Waals surface area (Å²) in [6, 6.07) is 0.345. The molecule has 15 heavy (non-hydrogen) atoms. The van der Waals surface area contributed by atoms with Gasteiger partial charge >= 0.3 is 6.18 Å². The quantitative estimate of drug-likeness (QED) is 0.843. The van der Waals surface area contributed by atoms with E-state index in [9.17, 15) is 13.2 Å². The molecule has 1 rings (SSSR count). The van der Waals surface area contributed by atoms with Crippen LogP contribution in [0.4, 0.5) is 13.2 Å². The fourth-order valence-electron chi connectivity index (χ4n) is 0.939. The molecule has 86 valence electrons. The summed E-state index contributed by atoms with van der Waals surface area (Å²) in [5.41, 5.74) is 4.84. The molecule has 2 nitrogen and oxygen atoms in total. The smallest absolute Gasteiger partial charge is 0.323 e. The predicted molar refractivity (Wildman–Crippen MR) is 54.1 cm³/mol. The van der Waals surface area contributed by atoms with E-state index in [1.807, 2.05) is 0 Å². The second kappa shape index (κ2) is 5.01. The number of aromatic nitrogens is 1. The third-order valence-corrected chi connectivity index (χ3v) is 1.93. The lowest BCUT2D eigenvalue weighted by molar-refractivity contribution is -0.137. The molecule has 0 saturated heterocycles. The Morgan fingerprint density at radius 3 is 2.33 bits per heavy atom. The van der Waals surface area contributed by atoms with Gasteiger partial charge in [-0.05, 0) is 13.0 Å². The van der Waals surface area contributed by atoms with Gasteiger partial charge in [-0.2, -0.15) is 13.2 Å². The molecule has 2 N–H and O–H groups in total.